The van der Waals surface area contributed by atoms with E-state index in [1.807, 2.05) is 29.9 Å². The summed E-state index contributed by atoms with van der Waals surface area (Å²) < 4.78 is 9.79. The zero-order chi connectivity index (χ0) is 18.8. The lowest BCUT2D eigenvalue weighted by atomic mass is 10.2. The average molecular weight is 364 g/mol. The van der Waals surface area contributed by atoms with Crippen LogP contribution in [-0.2, 0) is 11.8 Å². The maximum atomic E-state index is 11.7. The van der Waals surface area contributed by atoms with E-state index in [1.54, 1.807) is 22.0 Å². The number of nitrogens with zero attached hydrogens (tertiary/aromatic N) is 6. The number of terminal acetylenes is 1. The molecule has 0 N–H and O–H groups in total. The van der Waals surface area contributed by atoms with Gasteiger partial charge in [0, 0.05) is 56.8 Å². The van der Waals surface area contributed by atoms with Gasteiger partial charge in [0.15, 0.2) is 0 Å². The van der Waals surface area contributed by atoms with Crippen molar-refractivity contribution in [2.45, 2.75) is 25.4 Å². The zero-order valence-corrected chi connectivity index (χ0v) is 15.1. The van der Waals surface area contributed by atoms with Gasteiger partial charge in [-0.25, -0.2) is 4.98 Å². The molecule has 1 aliphatic heterocycles. The van der Waals surface area contributed by atoms with Gasteiger partial charge in [0.05, 0.1) is 11.9 Å². The second-order valence-corrected chi connectivity index (χ2v) is 6.59. The highest BCUT2D eigenvalue weighted by atomic mass is 16.5. The monoisotopic (exact) mass is 364 g/mol. The standard InChI is InChI=1S/C19H20N6O2/c1-3-18(26)24-8-4-5-15(6-9-24)27-19-22-16(14-12-21-23(2)13-14)11-17-20-7-10-25(17)19/h1,7,10-13,15H,4-6,8-9H2,2H3/t15-/m1/s1. The van der Waals surface area contributed by atoms with E-state index in [1.165, 1.54) is 0 Å². The second-order valence-electron chi connectivity index (χ2n) is 6.59. The molecule has 0 aliphatic carbocycles. The molecule has 4 rings (SSSR count). The Labute approximate surface area is 156 Å². The normalized spacial score (nSPS) is 17.5. The van der Waals surface area contributed by atoms with Crippen LogP contribution in [0.15, 0.2) is 30.9 Å². The molecule has 0 bridgehead atoms. The maximum Gasteiger partial charge on any atom is 0.303 e. The first-order valence-corrected chi connectivity index (χ1v) is 8.89. The number of carbonyl (C=O) groups is 1. The van der Waals surface area contributed by atoms with E-state index in [4.69, 9.17) is 11.2 Å². The van der Waals surface area contributed by atoms with Crippen molar-refractivity contribution in [1.29, 1.82) is 0 Å². The summed E-state index contributed by atoms with van der Waals surface area (Å²) in [5.41, 5.74) is 2.42. The molecule has 3 aromatic rings. The summed E-state index contributed by atoms with van der Waals surface area (Å²) in [7, 11) is 1.86. The van der Waals surface area contributed by atoms with Crippen LogP contribution in [-0.4, -0.2) is 54.1 Å². The van der Waals surface area contributed by atoms with Gasteiger partial charge in [-0.2, -0.15) is 10.1 Å². The van der Waals surface area contributed by atoms with Gasteiger partial charge in [-0.05, 0) is 18.8 Å². The molecule has 1 aliphatic rings. The summed E-state index contributed by atoms with van der Waals surface area (Å²) in [6, 6.07) is 2.40. The number of carbonyl (C=O) groups excluding carboxylic acids is 1. The van der Waals surface area contributed by atoms with Crippen LogP contribution in [0.25, 0.3) is 16.9 Å². The van der Waals surface area contributed by atoms with Crippen LogP contribution in [0.3, 0.4) is 0 Å². The number of hydrogen-bond acceptors (Lipinski definition) is 5. The van der Waals surface area contributed by atoms with E-state index in [9.17, 15) is 4.79 Å². The lowest BCUT2D eigenvalue weighted by molar-refractivity contribution is -0.125. The van der Waals surface area contributed by atoms with E-state index in [0.717, 1.165) is 29.7 Å². The van der Waals surface area contributed by atoms with Crippen molar-refractivity contribution in [3.05, 3.63) is 30.9 Å². The van der Waals surface area contributed by atoms with Gasteiger partial charge in [-0.3, -0.25) is 13.9 Å². The number of ether oxygens (including phenoxy) is 1. The molecule has 3 aromatic heterocycles. The number of hydrogen-bond donors (Lipinski definition) is 0. The molecule has 0 spiro atoms. The fourth-order valence-corrected chi connectivity index (χ4v) is 3.31. The lowest BCUT2D eigenvalue weighted by Crippen LogP contribution is -2.31. The predicted octanol–water partition coefficient (Wildman–Crippen LogP) is 1.52. The third-order valence-electron chi connectivity index (χ3n) is 4.72. The number of fused-ring (bicyclic) bond motifs is 1. The first kappa shape index (κ1) is 17.1. The molecule has 1 atom stereocenters. The Morgan fingerprint density at radius 3 is 3.04 bits per heavy atom. The van der Waals surface area contributed by atoms with Crippen molar-refractivity contribution < 1.29 is 9.53 Å². The lowest BCUT2D eigenvalue weighted by Gasteiger charge is -2.19. The minimum atomic E-state index is -0.260. The Kier molecular flexibility index (Phi) is 4.50. The van der Waals surface area contributed by atoms with Gasteiger partial charge >= 0.3 is 6.01 Å². The highest BCUT2D eigenvalue weighted by Crippen LogP contribution is 2.24. The third-order valence-corrected chi connectivity index (χ3v) is 4.72. The Morgan fingerprint density at radius 1 is 1.37 bits per heavy atom. The number of amides is 1. The first-order valence-electron chi connectivity index (χ1n) is 8.89. The quantitative estimate of drug-likeness (QED) is 0.659. The van der Waals surface area contributed by atoms with E-state index in [0.29, 0.717) is 25.5 Å². The van der Waals surface area contributed by atoms with E-state index >= 15 is 0 Å². The smallest absolute Gasteiger partial charge is 0.303 e. The van der Waals surface area contributed by atoms with Gasteiger partial charge in [0.1, 0.15) is 11.8 Å². The number of aromatic nitrogens is 5. The van der Waals surface area contributed by atoms with Crippen molar-refractivity contribution in [2.75, 3.05) is 13.1 Å². The van der Waals surface area contributed by atoms with Crippen LogP contribution in [0, 0.1) is 12.3 Å². The topological polar surface area (TPSA) is 77.6 Å². The molecule has 4 heterocycles. The number of imidazole rings is 1. The van der Waals surface area contributed by atoms with Crippen LogP contribution in [0.2, 0.25) is 0 Å². The summed E-state index contributed by atoms with van der Waals surface area (Å²) in [5.74, 6) is 1.93. The van der Waals surface area contributed by atoms with Crippen molar-refractivity contribution in [2.24, 2.45) is 7.05 Å². The van der Waals surface area contributed by atoms with Crippen LogP contribution in [0.1, 0.15) is 19.3 Å². The summed E-state index contributed by atoms with van der Waals surface area (Å²) in [6.07, 6.45) is 14.8. The molecule has 8 nitrogen and oxygen atoms in total. The van der Waals surface area contributed by atoms with Gasteiger partial charge in [0.2, 0.25) is 0 Å². The molecule has 138 valence electrons. The summed E-state index contributed by atoms with van der Waals surface area (Å²) in [6.45, 7) is 1.25. The first-order chi connectivity index (χ1) is 13.1. The minimum absolute atomic E-state index is 0.0391. The molecular weight excluding hydrogens is 344 g/mol. The molecule has 1 saturated heterocycles. The Hall–Kier alpha value is -3.34. The maximum absolute atomic E-state index is 11.7. The second kappa shape index (κ2) is 7.11. The average Bonchev–Trinajstić information content (AvgIpc) is 3.26. The zero-order valence-electron chi connectivity index (χ0n) is 15.1. The van der Waals surface area contributed by atoms with E-state index < -0.39 is 0 Å². The van der Waals surface area contributed by atoms with Gasteiger partial charge < -0.3 is 9.64 Å². The van der Waals surface area contributed by atoms with Crippen molar-refractivity contribution in [1.82, 2.24) is 29.0 Å². The predicted molar refractivity (Wildman–Crippen MR) is 98.9 cm³/mol. The Bertz CT molecular complexity index is 1010. The summed E-state index contributed by atoms with van der Waals surface area (Å²) >= 11 is 0. The molecular formula is C19H20N6O2. The number of aryl methyl sites for hydroxylation is 1. The fraction of sp³-hybridized carbons (Fsp3) is 0.368. The Morgan fingerprint density at radius 2 is 2.26 bits per heavy atom. The fourth-order valence-electron chi connectivity index (χ4n) is 3.31. The number of likely N-dealkylation sites (tertiary alicyclic amines) is 1. The van der Waals surface area contributed by atoms with Crippen LogP contribution >= 0.6 is 0 Å². The minimum Gasteiger partial charge on any atom is -0.461 e. The van der Waals surface area contributed by atoms with Crippen molar-refractivity contribution in [3.8, 4) is 29.6 Å². The molecule has 0 unspecified atom stereocenters. The molecule has 8 heteroatoms. The van der Waals surface area contributed by atoms with Gasteiger partial charge in [-0.15, -0.1) is 6.42 Å². The van der Waals surface area contributed by atoms with Crippen LogP contribution < -0.4 is 4.74 Å². The van der Waals surface area contributed by atoms with Crippen molar-refractivity contribution >= 4 is 11.6 Å². The molecule has 0 radical (unpaired) electrons. The van der Waals surface area contributed by atoms with E-state index in [2.05, 4.69) is 21.0 Å². The number of rotatable bonds is 3. The molecule has 27 heavy (non-hydrogen) atoms. The van der Waals surface area contributed by atoms with E-state index in [-0.39, 0.29) is 12.0 Å². The highest BCUT2D eigenvalue weighted by Gasteiger charge is 2.22. The molecule has 0 saturated carbocycles. The van der Waals surface area contributed by atoms with Gasteiger partial charge in [-0.1, -0.05) is 0 Å². The highest BCUT2D eigenvalue weighted by molar-refractivity contribution is 5.92. The van der Waals surface area contributed by atoms with Crippen LogP contribution in [0.4, 0.5) is 0 Å². The molecule has 0 aromatic carbocycles. The Balaban J connectivity index is 1.59. The third kappa shape index (κ3) is 3.49. The van der Waals surface area contributed by atoms with Crippen LogP contribution in [0.5, 0.6) is 6.01 Å². The van der Waals surface area contributed by atoms with Crippen molar-refractivity contribution in [3.63, 3.8) is 0 Å². The summed E-state index contributed by atoms with van der Waals surface area (Å²) in [4.78, 5) is 22.5. The largest absolute Gasteiger partial charge is 0.461 e. The van der Waals surface area contributed by atoms with Gasteiger partial charge in [0.25, 0.3) is 5.91 Å². The SMILES string of the molecule is C#CC(=O)N1CCC[C@@H](Oc2nc(-c3cnn(C)c3)cc3nccn23)CC1. The molecule has 1 fully saturated rings. The summed E-state index contributed by atoms with van der Waals surface area (Å²) in [5, 5.41) is 4.21. The molecule has 1 amide bonds.